The molecule has 0 aliphatic carbocycles. The predicted octanol–water partition coefficient (Wildman–Crippen LogP) is 3.22. The van der Waals surface area contributed by atoms with Gasteiger partial charge < -0.3 is 15.4 Å². The summed E-state index contributed by atoms with van der Waals surface area (Å²) in [5.74, 6) is 0.840. The zero-order chi connectivity index (χ0) is 15.6. The molecule has 0 atom stereocenters. The molecule has 5 heteroatoms. The summed E-state index contributed by atoms with van der Waals surface area (Å²) < 4.78 is 5.65. The van der Waals surface area contributed by atoms with E-state index in [1.54, 1.807) is 7.05 Å². The topological polar surface area (TPSA) is 45.7 Å². The Morgan fingerprint density at radius 1 is 1.14 bits per heavy atom. The van der Waals surface area contributed by atoms with Crippen molar-refractivity contribution in [2.24, 2.45) is 4.99 Å². The maximum atomic E-state index is 5.65. The Bertz CT molecular complexity index is 416. The van der Waals surface area contributed by atoms with E-state index < -0.39 is 0 Å². The Balaban J connectivity index is 0.00000441. The first kappa shape index (κ1) is 21.2. The van der Waals surface area contributed by atoms with Crippen molar-refractivity contribution in [1.82, 2.24) is 10.6 Å². The van der Waals surface area contributed by atoms with Gasteiger partial charge in [0.2, 0.25) is 0 Å². The number of rotatable bonds is 7. The second-order valence-corrected chi connectivity index (χ2v) is 6.08. The van der Waals surface area contributed by atoms with Crippen molar-refractivity contribution < 1.29 is 4.74 Å². The molecule has 0 fully saturated rings. The molecule has 0 saturated carbocycles. The van der Waals surface area contributed by atoms with Crippen molar-refractivity contribution in [3.05, 3.63) is 35.9 Å². The minimum absolute atomic E-state index is 0. The molecule has 0 heterocycles. The Kier molecular flexibility index (Phi) is 11.3. The van der Waals surface area contributed by atoms with Crippen molar-refractivity contribution in [1.29, 1.82) is 0 Å². The second kappa shape index (κ2) is 11.7. The molecule has 1 rings (SSSR count). The molecule has 0 spiro atoms. The van der Waals surface area contributed by atoms with Gasteiger partial charge in [-0.15, -0.1) is 24.0 Å². The Labute approximate surface area is 152 Å². The summed E-state index contributed by atoms with van der Waals surface area (Å²) in [5, 5.41) is 6.62. The molecule has 0 unspecified atom stereocenters. The summed E-state index contributed by atoms with van der Waals surface area (Å²) in [6, 6.07) is 10.4. The summed E-state index contributed by atoms with van der Waals surface area (Å²) in [6.45, 7) is 8.76. The van der Waals surface area contributed by atoms with Crippen LogP contribution < -0.4 is 10.6 Å². The number of benzene rings is 1. The van der Waals surface area contributed by atoms with E-state index in [0.29, 0.717) is 0 Å². The highest BCUT2D eigenvalue weighted by atomic mass is 127. The van der Waals surface area contributed by atoms with E-state index in [9.17, 15) is 0 Å². The van der Waals surface area contributed by atoms with Crippen LogP contribution in [-0.4, -0.2) is 38.3 Å². The number of ether oxygens (including phenoxy) is 1. The molecule has 1 aromatic carbocycles. The lowest BCUT2D eigenvalue weighted by Crippen LogP contribution is -2.47. The van der Waals surface area contributed by atoms with Gasteiger partial charge in [0.15, 0.2) is 5.96 Å². The minimum Gasteiger partial charge on any atom is -0.381 e. The van der Waals surface area contributed by atoms with Crippen molar-refractivity contribution in [2.45, 2.75) is 39.2 Å². The summed E-state index contributed by atoms with van der Waals surface area (Å²) in [7, 11) is 1.79. The van der Waals surface area contributed by atoms with Crippen LogP contribution in [-0.2, 0) is 11.2 Å². The zero-order valence-electron chi connectivity index (χ0n) is 14.2. The van der Waals surface area contributed by atoms with Crippen molar-refractivity contribution in [2.75, 3.05) is 26.8 Å². The van der Waals surface area contributed by atoms with Crippen molar-refractivity contribution >= 4 is 29.9 Å². The van der Waals surface area contributed by atoms with Crippen molar-refractivity contribution in [3.8, 4) is 0 Å². The molecule has 1 aromatic rings. The number of hydrogen-bond donors (Lipinski definition) is 2. The summed E-state index contributed by atoms with van der Waals surface area (Å²) in [6.07, 6.45) is 1.95. The Morgan fingerprint density at radius 3 is 2.41 bits per heavy atom. The van der Waals surface area contributed by atoms with Gasteiger partial charge in [-0.05, 0) is 39.2 Å². The maximum absolute atomic E-state index is 5.65. The Morgan fingerprint density at radius 2 is 1.82 bits per heavy atom. The second-order valence-electron chi connectivity index (χ2n) is 6.08. The van der Waals surface area contributed by atoms with E-state index in [-0.39, 0.29) is 29.5 Å². The molecule has 0 aromatic heterocycles. The van der Waals surface area contributed by atoms with Crippen LogP contribution in [0.15, 0.2) is 35.3 Å². The van der Waals surface area contributed by atoms with Gasteiger partial charge in [0.05, 0.1) is 6.61 Å². The smallest absolute Gasteiger partial charge is 0.191 e. The van der Waals surface area contributed by atoms with Crippen LogP contribution in [0.1, 0.15) is 32.8 Å². The predicted molar refractivity (Wildman–Crippen MR) is 105 cm³/mol. The molecule has 4 nitrogen and oxygen atoms in total. The van der Waals surface area contributed by atoms with Gasteiger partial charge in [0, 0.05) is 25.7 Å². The summed E-state index contributed by atoms with van der Waals surface area (Å²) in [5.41, 5.74) is 1.35. The average Bonchev–Trinajstić information content (AvgIpc) is 2.45. The van der Waals surface area contributed by atoms with Gasteiger partial charge in [0.1, 0.15) is 0 Å². The van der Waals surface area contributed by atoms with E-state index in [4.69, 9.17) is 4.74 Å². The van der Waals surface area contributed by atoms with E-state index in [1.165, 1.54) is 5.56 Å². The van der Waals surface area contributed by atoms with E-state index in [2.05, 4.69) is 60.7 Å². The van der Waals surface area contributed by atoms with Gasteiger partial charge in [-0.1, -0.05) is 30.3 Å². The number of nitrogens with one attached hydrogen (secondary N) is 2. The highest BCUT2D eigenvalue weighted by Gasteiger charge is 2.10. The molecule has 0 saturated heterocycles. The van der Waals surface area contributed by atoms with Crippen LogP contribution in [0, 0.1) is 0 Å². The lowest BCUT2D eigenvalue weighted by atomic mass is 10.1. The largest absolute Gasteiger partial charge is 0.381 e. The lowest BCUT2D eigenvalue weighted by Gasteiger charge is -2.23. The van der Waals surface area contributed by atoms with E-state index >= 15 is 0 Å². The van der Waals surface area contributed by atoms with Gasteiger partial charge in [-0.25, -0.2) is 0 Å². The third-order valence-electron chi connectivity index (χ3n) is 2.85. The van der Waals surface area contributed by atoms with Crippen LogP contribution in [0.25, 0.3) is 0 Å². The quantitative estimate of drug-likeness (QED) is 0.309. The fourth-order valence-electron chi connectivity index (χ4n) is 1.85. The molecule has 126 valence electrons. The van der Waals surface area contributed by atoms with Gasteiger partial charge in [0.25, 0.3) is 0 Å². The number of halogens is 1. The third kappa shape index (κ3) is 10.8. The minimum atomic E-state index is 0. The monoisotopic (exact) mass is 419 g/mol. The molecule has 0 aliphatic heterocycles. The average molecular weight is 419 g/mol. The highest BCUT2D eigenvalue weighted by molar-refractivity contribution is 14.0. The third-order valence-corrected chi connectivity index (χ3v) is 2.85. The number of hydrogen-bond acceptors (Lipinski definition) is 2. The molecule has 0 amide bonds. The Hall–Kier alpha value is -0.820. The van der Waals surface area contributed by atoms with Crippen LogP contribution >= 0.6 is 24.0 Å². The molecular weight excluding hydrogens is 389 g/mol. The van der Waals surface area contributed by atoms with Gasteiger partial charge in [-0.3, -0.25) is 4.99 Å². The lowest BCUT2D eigenvalue weighted by molar-refractivity contribution is 0.135. The van der Waals surface area contributed by atoms with Crippen LogP contribution in [0.3, 0.4) is 0 Å². The number of aliphatic imine (C=N–C) groups is 1. The molecule has 0 bridgehead atoms. The first-order valence-corrected chi connectivity index (χ1v) is 7.62. The standard InChI is InChI=1S/C17H29N3O.HI/c1-17(2,3)20-16(18-4)19-12-8-13-21-14-11-15-9-6-5-7-10-15;/h5-7,9-10H,8,11-14H2,1-4H3,(H2,18,19,20);1H. The first-order chi connectivity index (χ1) is 10.0. The fraction of sp³-hybridized carbons (Fsp3) is 0.588. The number of nitrogens with zero attached hydrogens (tertiary/aromatic N) is 1. The van der Waals surface area contributed by atoms with Crippen LogP contribution in [0.4, 0.5) is 0 Å². The van der Waals surface area contributed by atoms with Crippen LogP contribution in [0.5, 0.6) is 0 Å². The summed E-state index contributed by atoms with van der Waals surface area (Å²) >= 11 is 0. The van der Waals surface area contributed by atoms with E-state index in [0.717, 1.165) is 38.6 Å². The first-order valence-electron chi connectivity index (χ1n) is 7.62. The maximum Gasteiger partial charge on any atom is 0.191 e. The van der Waals surface area contributed by atoms with E-state index in [1.807, 2.05) is 6.07 Å². The molecular formula is C17H30IN3O. The molecule has 22 heavy (non-hydrogen) atoms. The molecule has 2 N–H and O–H groups in total. The van der Waals surface area contributed by atoms with Crippen molar-refractivity contribution in [3.63, 3.8) is 0 Å². The van der Waals surface area contributed by atoms with Gasteiger partial charge >= 0.3 is 0 Å². The molecule has 0 aliphatic rings. The summed E-state index contributed by atoms with van der Waals surface area (Å²) in [4.78, 5) is 4.20. The molecule has 0 radical (unpaired) electrons. The van der Waals surface area contributed by atoms with Gasteiger partial charge in [-0.2, -0.15) is 0 Å². The normalized spacial score (nSPS) is 11.7. The zero-order valence-corrected chi connectivity index (χ0v) is 16.5. The highest BCUT2D eigenvalue weighted by Crippen LogP contribution is 2.00. The fourth-order valence-corrected chi connectivity index (χ4v) is 1.85. The SMILES string of the molecule is CN=C(NCCCOCCc1ccccc1)NC(C)(C)C.I. The van der Waals surface area contributed by atoms with Crippen LogP contribution in [0.2, 0.25) is 0 Å². The number of guanidine groups is 1.